The second-order valence-electron chi connectivity index (χ2n) is 7.78. The Morgan fingerprint density at radius 2 is 1.37 bits per heavy atom. The van der Waals surface area contributed by atoms with Gasteiger partial charge in [-0.1, -0.05) is 42.4 Å². The van der Waals surface area contributed by atoms with E-state index in [0.717, 1.165) is 25.9 Å². The van der Waals surface area contributed by atoms with E-state index in [9.17, 15) is 0 Å². The summed E-state index contributed by atoms with van der Waals surface area (Å²) < 4.78 is 0.518. The predicted molar refractivity (Wildman–Crippen MR) is 93.6 cm³/mol. The molecule has 0 heterocycles. The molecule has 0 aromatic carbocycles. The summed E-state index contributed by atoms with van der Waals surface area (Å²) in [6, 6.07) is 0. The Morgan fingerprint density at radius 1 is 0.895 bits per heavy atom. The third-order valence-electron chi connectivity index (χ3n) is 3.19. The Morgan fingerprint density at radius 3 is 1.79 bits per heavy atom. The summed E-state index contributed by atoms with van der Waals surface area (Å²) in [6.07, 6.45) is 2.30. The summed E-state index contributed by atoms with van der Waals surface area (Å²) in [5.74, 6) is 0.590. The minimum absolute atomic E-state index is 0.214. The van der Waals surface area contributed by atoms with Crippen molar-refractivity contribution in [1.82, 2.24) is 0 Å². The van der Waals surface area contributed by atoms with Crippen LogP contribution in [0.25, 0.3) is 0 Å². The molecule has 0 aliphatic heterocycles. The Bertz CT molecular complexity index is 263. The maximum atomic E-state index is 5.85. The summed E-state index contributed by atoms with van der Waals surface area (Å²) in [7, 11) is 4.00. The fourth-order valence-corrected chi connectivity index (χ4v) is 5.42. The standard InChI is InChI=1S/C15H34N2S2/c1-12(9-16)8-14(4,5)18-19-15(6,7)10-13(2,3)11-17/h12H,8-11,16-17H2,1-7H3. The minimum Gasteiger partial charge on any atom is -0.330 e. The van der Waals surface area contributed by atoms with Crippen LogP contribution in [0.15, 0.2) is 0 Å². The first kappa shape index (κ1) is 19.6. The maximum absolute atomic E-state index is 5.85. The molecule has 0 amide bonds. The van der Waals surface area contributed by atoms with Crippen molar-refractivity contribution in [3.8, 4) is 0 Å². The molecule has 0 fully saturated rings. The molecule has 0 aromatic rings. The van der Waals surface area contributed by atoms with Gasteiger partial charge in [0.25, 0.3) is 0 Å². The van der Waals surface area contributed by atoms with Crippen molar-refractivity contribution in [2.24, 2.45) is 22.8 Å². The van der Waals surface area contributed by atoms with E-state index in [4.69, 9.17) is 11.5 Å². The Kier molecular flexibility index (Phi) is 7.83. The highest BCUT2D eigenvalue weighted by Gasteiger charge is 2.31. The van der Waals surface area contributed by atoms with Crippen LogP contribution in [0.4, 0.5) is 0 Å². The Hall–Kier alpha value is 0.620. The van der Waals surface area contributed by atoms with Gasteiger partial charge >= 0.3 is 0 Å². The first-order valence-corrected chi connectivity index (χ1v) is 9.35. The molecule has 0 aliphatic carbocycles. The lowest BCUT2D eigenvalue weighted by atomic mass is 9.84. The van der Waals surface area contributed by atoms with Gasteiger partial charge in [0.05, 0.1) is 0 Å². The van der Waals surface area contributed by atoms with E-state index < -0.39 is 0 Å². The fraction of sp³-hybridized carbons (Fsp3) is 1.00. The van der Waals surface area contributed by atoms with Crippen molar-refractivity contribution in [3.63, 3.8) is 0 Å². The lowest BCUT2D eigenvalue weighted by molar-refractivity contribution is 0.315. The largest absolute Gasteiger partial charge is 0.330 e. The van der Waals surface area contributed by atoms with Gasteiger partial charge in [-0.2, -0.15) is 0 Å². The van der Waals surface area contributed by atoms with Crippen molar-refractivity contribution < 1.29 is 0 Å². The number of hydrogen-bond acceptors (Lipinski definition) is 4. The van der Waals surface area contributed by atoms with Crippen LogP contribution in [-0.2, 0) is 0 Å². The number of rotatable bonds is 9. The van der Waals surface area contributed by atoms with E-state index in [1.54, 1.807) is 0 Å². The van der Waals surface area contributed by atoms with Gasteiger partial charge in [-0.3, -0.25) is 0 Å². The normalized spacial score (nSPS) is 15.6. The lowest BCUT2D eigenvalue weighted by Gasteiger charge is -2.36. The van der Waals surface area contributed by atoms with Crippen LogP contribution in [-0.4, -0.2) is 22.6 Å². The average molecular weight is 307 g/mol. The zero-order valence-corrected chi connectivity index (χ0v) is 15.5. The molecule has 0 bridgehead atoms. The molecule has 0 radical (unpaired) electrons. The zero-order chi connectivity index (χ0) is 15.3. The van der Waals surface area contributed by atoms with Crippen LogP contribution < -0.4 is 11.5 Å². The number of hydrogen-bond donors (Lipinski definition) is 2. The lowest BCUT2D eigenvalue weighted by Crippen LogP contribution is -2.32. The quantitative estimate of drug-likeness (QED) is 0.624. The summed E-state index contributed by atoms with van der Waals surface area (Å²) in [5, 5.41) is 0. The average Bonchev–Trinajstić information content (AvgIpc) is 2.25. The second kappa shape index (κ2) is 7.58. The highest BCUT2D eigenvalue weighted by atomic mass is 33.1. The molecule has 1 atom stereocenters. The Labute approximate surface area is 128 Å². The molecule has 0 spiro atoms. The van der Waals surface area contributed by atoms with E-state index >= 15 is 0 Å². The zero-order valence-electron chi connectivity index (χ0n) is 13.9. The van der Waals surface area contributed by atoms with Gasteiger partial charge < -0.3 is 11.5 Å². The summed E-state index contributed by atoms with van der Waals surface area (Å²) in [6.45, 7) is 17.5. The minimum atomic E-state index is 0.214. The Balaban J connectivity index is 4.36. The molecular formula is C15H34N2S2. The van der Waals surface area contributed by atoms with Crippen molar-refractivity contribution in [1.29, 1.82) is 0 Å². The third kappa shape index (κ3) is 9.22. The van der Waals surface area contributed by atoms with Crippen molar-refractivity contribution >= 4 is 21.6 Å². The van der Waals surface area contributed by atoms with Crippen LogP contribution in [0.1, 0.15) is 61.3 Å². The van der Waals surface area contributed by atoms with Crippen molar-refractivity contribution in [2.45, 2.75) is 70.8 Å². The molecule has 0 rings (SSSR count). The van der Waals surface area contributed by atoms with Crippen molar-refractivity contribution in [2.75, 3.05) is 13.1 Å². The van der Waals surface area contributed by atoms with Crippen molar-refractivity contribution in [3.05, 3.63) is 0 Å². The molecular weight excluding hydrogens is 272 g/mol. The van der Waals surface area contributed by atoms with E-state index in [0.29, 0.717) is 5.92 Å². The fourth-order valence-electron chi connectivity index (χ4n) is 2.44. The topological polar surface area (TPSA) is 52.0 Å². The SMILES string of the molecule is CC(CN)CC(C)(C)SSC(C)(C)CC(C)(C)CN. The summed E-state index contributed by atoms with van der Waals surface area (Å²) >= 11 is 0. The van der Waals surface area contributed by atoms with Gasteiger partial charge in [0.1, 0.15) is 0 Å². The van der Waals surface area contributed by atoms with Gasteiger partial charge in [0, 0.05) is 9.49 Å². The van der Waals surface area contributed by atoms with E-state index in [1.165, 1.54) is 0 Å². The molecule has 0 saturated carbocycles. The summed E-state index contributed by atoms with van der Waals surface area (Å²) in [5.41, 5.74) is 11.8. The molecule has 1 unspecified atom stereocenters. The number of nitrogens with two attached hydrogens (primary N) is 2. The molecule has 4 N–H and O–H groups in total. The molecule has 0 aliphatic rings. The highest BCUT2D eigenvalue weighted by molar-refractivity contribution is 8.77. The second-order valence-corrected chi connectivity index (χ2v) is 11.3. The van der Waals surface area contributed by atoms with E-state index in [2.05, 4.69) is 48.5 Å². The summed E-state index contributed by atoms with van der Waals surface area (Å²) in [4.78, 5) is 0. The maximum Gasteiger partial charge on any atom is 0.0213 e. The van der Waals surface area contributed by atoms with Gasteiger partial charge in [-0.05, 0) is 65.0 Å². The van der Waals surface area contributed by atoms with E-state index in [-0.39, 0.29) is 14.9 Å². The van der Waals surface area contributed by atoms with Gasteiger partial charge in [0.2, 0.25) is 0 Å². The van der Waals surface area contributed by atoms with Gasteiger partial charge in [-0.25, -0.2) is 0 Å². The molecule has 19 heavy (non-hydrogen) atoms. The van der Waals surface area contributed by atoms with Crippen LogP contribution in [0.5, 0.6) is 0 Å². The van der Waals surface area contributed by atoms with Crippen LogP contribution in [0, 0.1) is 11.3 Å². The predicted octanol–water partition coefficient (Wildman–Crippen LogP) is 4.28. The van der Waals surface area contributed by atoms with Gasteiger partial charge in [0.15, 0.2) is 0 Å². The smallest absolute Gasteiger partial charge is 0.0213 e. The molecule has 4 heteroatoms. The molecule has 0 aromatic heterocycles. The van der Waals surface area contributed by atoms with Crippen LogP contribution >= 0.6 is 21.6 Å². The monoisotopic (exact) mass is 306 g/mol. The molecule has 116 valence electrons. The molecule has 2 nitrogen and oxygen atoms in total. The third-order valence-corrected chi connectivity index (χ3v) is 7.45. The van der Waals surface area contributed by atoms with Gasteiger partial charge in [-0.15, -0.1) is 0 Å². The highest BCUT2D eigenvalue weighted by Crippen LogP contribution is 2.49. The first-order chi connectivity index (χ1) is 8.43. The van der Waals surface area contributed by atoms with Crippen LogP contribution in [0.3, 0.4) is 0 Å². The molecule has 0 saturated heterocycles. The van der Waals surface area contributed by atoms with Crippen LogP contribution in [0.2, 0.25) is 0 Å². The first-order valence-electron chi connectivity index (χ1n) is 7.20. The van der Waals surface area contributed by atoms with E-state index in [1.807, 2.05) is 21.6 Å².